The summed E-state index contributed by atoms with van der Waals surface area (Å²) in [7, 11) is 0. The summed E-state index contributed by atoms with van der Waals surface area (Å²) in [5, 5.41) is 23.8. The zero-order valence-electron chi connectivity index (χ0n) is 12.3. The number of alkyl carbamates (subject to hydrolysis) is 1. The quantitative estimate of drug-likeness (QED) is 0.495. The molecule has 0 spiro atoms. The van der Waals surface area contributed by atoms with Gasteiger partial charge in [-0.05, 0) is 32.9 Å². The molecule has 0 atom stereocenters. The van der Waals surface area contributed by atoms with Crippen molar-refractivity contribution >= 4 is 12.0 Å². The summed E-state index contributed by atoms with van der Waals surface area (Å²) < 4.78 is 5.03. The lowest BCUT2D eigenvalue weighted by Gasteiger charge is -2.19. The van der Waals surface area contributed by atoms with Gasteiger partial charge in [0.1, 0.15) is 5.60 Å². The number of rotatable bonds is 4. The van der Waals surface area contributed by atoms with Gasteiger partial charge >= 0.3 is 6.09 Å². The number of hydrogen-bond acceptors (Lipinski definition) is 5. The van der Waals surface area contributed by atoms with Gasteiger partial charge in [0.15, 0.2) is 11.5 Å². The molecule has 0 radical (unpaired) electrons. The second-order valence-electron chi connectivity index (χ2n) is 5.36. The van der Waals surface area contributed by atoms with Gasteiger partial charge in [-0.25, -0.2) is 4.79 Å². The Kier molecular flexibility index (Phi) is 5.40. The van der Waals surface area contributed by atoms with Crippen LogP contribution in [0.5, 0.6) is 11.5 Å². The fourth-order valence-electron chi connectivity index (χ4n) is 1.46. The van der Waals surface area contributed by atoms with Gasteiger partial charge in [-0.2, -0.15) is 0 Å². The number of carbonyl (C=O) groups is 2. The third-order valence-electron chi connectivity index (χ3n) is 2.34. The smallest absolute Gasteiger partial charge is 0.407 e. The largest absolute Gasteiger partial charge is 0.504 e. The predicted molar refractivity (Wildman–Crippen MR) is 76.3 cm³/mol. The van der Waals surface area contributed by atoms with Crippen LogP contribution in [-0.4, -0.2) is 40.9 Å². The molecule has 7 nitrogen and oxygen atoms in total. The fraction of sp³-hybridized carbons (Fsp3) is 0.429. The lowest BCUT2D eigenvalue weighted by molar-refractivity contribution is 0.0526. The summed E-state index contributed by atoms with van der Waals surface area (Å²) in [6, 6.07) is 4.10. The molecule has 0 saturated carbocycles. The molecule has 0 fully saturated rings. The van der Waals surface area contributed by atoms with Crippen LogP contribution in [0.3, 0.4) is 0 Å². The second-order valence-corrected chi connectivity index (χ2v) is 5.36. The molecule has 7 heteroatoms. The molecule has 116 valence electrons. The molecule has 4 N–H and O–H groups in total. The summed E-state index contributed by atoms with van der Waals surface area (Å²) in [5.41, 5.74) is -0.618. The SMILES string of the molecule is CC(C)(C)OC(=O)NCCNC(=O)c1cccc(O)c1O. The van der Waals surface area contributed by atoms with E-state index in [-0.39, 0.29) is 24.4 Å². The summed E-state index contributed by atoms with van der Waals surface area (Å²) in [5.74, 6) is -1.39. The highest BCUT2D eigenvalue weighted by Crippen LogP contribution is 2.27. The van der Waals surface area contributed by atoms with E-state index in [0.717, 1.165) is 0 Å². The molecule has 0 heterocycles. The fourth-order valence-corrected chi connectivity index (χ4v) is 1.46. The monoisotopic (exact) mass is 296 g/mol. The molecular formula is C14H20N2O5. The van der Waals surface area contributed by atoms with Gasteiger partial charge in [0.25, 0.3) is 5.91 Å². The number of carbonyl (C=O) groups excluding carboxylic acids is 2. The van der Waals surface area contributed by atoms with Gasteiger partial charge in [-0.3, -0.25) is 4.79 Å². The highest BCUT2D eigenvalue weighted by atomic mass is 16.6. The molecule has 0 aliphatic heterocycles. The molecule has 1 aromatic carbocycles. The normalized spacial score (nSPS) is 10.8. The Morgan fingerprint density at radius 2 is 1.76 bits per heavy atom. The number of phenols is 2. The zero-order chi connectivity index (χ0) is 16.0. The van der Waals surface area contributed by atoms with Crippen molar-refractivity contribution in [2.75, 3.05) is 13.1 Å². The van der Waals surface area contributed by atoms with Crippen molar-refractivity contribution in [2.24, 2.45) is 0 Å². The van der Waals surface area contributed by atoms with E-state index in [1.807, 2.05) is 0 Å². The Labute approximate surface area is 122 Å². The van der Waals surface area contributed by atoms with Crippen LogP contribution in [0.15, 0.2) is 18.2 Å². The van der Waals surface area contributed by atoms with E-state index in [2.05, 4.69) is 10.6 Å². The molecule has 0 unspecified atom stereocenters. The van der Waals surface area contributed by atoms with Crippen LogP contribution in [0.1, 0.15) is 31.1 Å². The minimum absolute atomic E-state index is 0.0349. The predicted octanol–water partition coefficient (Wildman–Crippen LogP) is 1.35. The van der Waals surface area contributed by atoms with Crippen molar-refractivity contribution in [3.8, 4) is 11.5 Å². The van der Waals surface area contributed by atoms with Gasteiger partial charge in [-0.1, -0.05) is 6.07 Å². The van der Waals surface area contributed by atoms with Gasteiger partial charge in [0.05, 0.1) is 5.56 Å². The minimum Gasteiger partial charge on any atom is -0.504 e. The number of phenolic OH excluding ortho intramolecular Hbond substituents is 2. The molecule has 21 heavy (non-hydrogen) atoms. The van der Waals surface area contributed by atoms with Crippen molar-refractivity contribution in [3.05, 3.63) is 23.8 Å². The number of hydrogen-bond donors (Lipinski definition) is 4. The van der Waals surface area contributed by atoms with Crippen LogP contribution in [0.2, 0.25) is 0 Å². The van der Waals surface area contributed by atoms with Gasteiger partial charge < -0.3 is 25.6 Å². The first-order valence-corrected chi connectivity index (χ1v) is 6.46. The molecule has 0 bridgehead atoms. The maximum Gasteiger partial charge on any atom is 0.407 e. The lowest BCUT2D eigenvalue weighted by atomic mass is 10.1. The lowest BCUT2D eigenvalue weighted by Crippen LogP contribution is -2.37. The molecule has 2 amide bonds. The average Bonchev–Trinajstić information content (AvgIpc) is 2.35. The highest BCUT2D eigenvalue weighted by molar-refractivity contribution is 5.97. The number of aromatic hydroxyl groups is 2. The Morgan fingerprint density at radius 3 is 2.38 bits per heavy atom. The third-order valence-corrected chi connectivity index (χ3v) is 2.34. The Bertz CT molecular complexity index is 523. The van der Waals surface area contributed by atoms with Crippen LogP contribution < -0.4 is 10.6 Å². The summed E-state index contributed by atoms with van der Waals surface area (Å²) in [4.78, 5) is 23.1. The van der Waals surface area contributed by atoms with Crippen LogP contribution in [0, 0.1) is 0 Å². The standard InChI is InChI=1S/C14H20N2O5/c1-14(2,3)21-13(20)16-8-7-15-12(19)9-5-4-6-10(17)11(9)18/h4-6,17-18H,7-8H2,1-3H3,(H,15,19)(H,16,20). The zero-order valence-corrected chi connectivity index (χ0v) is 12.3. The van der Waals surface area contributed by atoms with Crippen molar-refractivity contribution in [2.45, 2.75) is 26.4 Å². The maximum absolute atomic E-state index is 11.8. The third kappa shape index (κ3) is 5.60. The van der Waals surface area contributed by atoms with Crippen molar-refractivity contribution < 1.29 is 24.5 Å². The molecule has 1 rings (SSSR count). The van der Waals surface area contributed by atoms with Gasteiger partial charge in [-0.15, -0.1) is 0 Å². The van der Waals surface area contributed by atoms with E-state index >= 15 is 0 Å². The van der Waals surface area contributed by atoms with E-state index in [1.54, 1.807) is 20.8 Å². The van der Waals surface area contributed by atoms with Crippen molar-refractivity contribution in [1.29, 1.82) is 0 Å². The van der Waals surface area contributed by atoms with Crippen LogP contribution >= 0.6 is 0 Å². The first-order chi connectivity index (χ1) is 9.70. The topological polar surface area (TPSA) is 108 Å². The van der Waals surface area contributed by atoms with Crippen molar-refractivity contribution in [3.63, 3.8) is 0 Å². The molecule has 0 aliphatic carbocycles. The minimum atomic E-state index is -0.583. The van der Waals surface area contributed by atoms with Crippen LogP contribution in [0.4, 0.5) is 4.79 Å². The number of amides is 2. The van der Waals surface area contributed by atoms with E-state index < -0.39 is 23.4 Å². The Balaban J connectivity index is 2.38. The number of benzene rings is 1. The van der Waals surface area contributed by atoms with Gasteiger partial charge in [0.2, 0.25) is 0 Å². The van der Waals surface area contributed by atoms with E-state index in [9.17, 15) is 19.8 Å². The van der Waals surface area contributed by atoms with E-state index in [4.69, 9.17) is 4.74 Å². The molecule has 1 aromatic rings. The van der Waals surface area contributed by atoms with Crippen LogP contribution in [0.25, 0.3) is 0 Å². The van der Waals surface area contributed by atoms with Crippen molar-refractivity contribution in [1.82, 2.24) is 10.6 Å². The molecule has 0 aliphatic rings. The number of nitrogens with one attached hydrogen (secondary N) is 2. The Hall–Kier alpha value is -2.44. The van der Waals surface area contributed by atoms with Crippen LogP contribution in [-0.2, 0) is 4.74 Å². The summed E-state index contributed by atoms with van der Waals surface area (Å²) in [6.07, 6.45) is -0.572. The second kappa shape index (κ2) is 6.83. The van der Waals surface area contributed by atoms with E-state index in [1.165, 1.54) is 18.2 Å². The average molecular weight is 296 g/mol. The summed E-state index contributed by atoms with van der Waals surface area (Å²) >= 11 is 0. The number of para-hydroxylation sites is 1. The molecule has 0 aromatic heterocycles. The van der Waals surface area contributed by atoms with E-state index in [0.29, 0.717) is 0 Å². The first-order valence-electron chi connectivity index (χ1n) is 6.46. The maximum atomic E-state index is 11.8. The highest BCUT2D eigenvalue weighted by Gasteiger charge is 2.16. The Morgan fingerprint density at radius 1 is 1.14 bits per heavy atom. The molecular weight excluding hydrogens is 276 g/mol. The number of ether oxygens (including phenoxy) is 1. The first kappa shape index (κ1) is 16.6. The van der Waals surface area contributed by atoms with Gasteiger partial charge in [0, 0.05) is 13.1 Å². The summed E-state index contributed by atoms with van der Waals surface area (Å²) in [6.45, 7) is 5.59. The molecule has 0 saturated heterocycles.